The predicted molar refractivity (Wildman–Crippen MR) is 156 cm³/mol. The molecule has 1 heterocycles. The van der Waals surface area contributed by atoms with Gasteiger partial charge in [-0.1, -0.05) is 25.4 Å². The first kappa shape index (κ1) is 34.2. The van der Waals surface area contributed by atoms with Crippen molar-refractivity contribution in [3.05, 3.63) is 35.5 Å². The van der Waals surface area contributed by atoms with Crippen molar-refractivity contribution in [2.24, 2.45) is 0 Å². The highest BCUT2D eigenvalue weighted by Crippen LogP contribution is 2.58. The Hall–Kier alpha value is -2.04. The number of anilines is 1. The highest BCUT2D eigenvalue weighted by atomic mass is 35.5. The summed E-state index contributed by atoms with van der Waals surface area (Å²) in [6.07, 6.45) is 2.27. The lowest BCUT2D eigenvalue weighted by Crippen LogP contribution is -2.40. The number of amides is 2. The van der Waals surface area contributed by atoms with Crippen LogP contribution >= 0.6 is 26.6 Å². The third-order valence-electron chi connectivity index (χ3n) is 6.41. The minimum absolute atomic E-state index is 0.0295. The monoisotopic (exact) mass is 620 g/mol. The van der Waals surface area contributed by atoms with E-state index in [2.05, 4.69) is 23.7 Å². The molecule has 0 spiro atoms. The Morgan fingerprint density at radius 2 is 1.80 bits per heavy atom. The smallest absolute Gasteiger partial charge is 0.414 e. The van der Waals surface area contributed by atoms with Crippen LogP contribution in [0.3, 0.4) is 0 Å². The number of carbonyl (C=O) groups excluding carboxylic acids is 2. The molecule has 0 bridgehead atoms. The minimum atomic E-state index is -5.06. The number of pyridine rings is 1. The summed E-state index contributed by atoms with van der Waals surface area (Å²) in [4.78, 5) is 62.0. The second-order valence-electron chi connectivity index (χ2n) is 9.57. The van der Waals surface area contributed by atoms with Gasteiger partial charge in [0, 0.05) is 35.7 Å². The molecular formula is C25H39ClN4O8P2. The van der Waals surface area contributed by atoms with Crippen LogP contribution in [0.4, 0.5) is 10.5 Å². The number of nitrogens with one attached hydrogen (secondary N) is 1. The Morgan fingerprint density at radius 3 is 2.40 bits per heavy atom. The number of fused-ring (bicyclic) bond motifs is 1. The number of benzene rings is 1. The number of carbonyl (C=O) groups is 2. The second-order valence-corrected chi connectivity index (χ2v) is 14.5. The average molecular weight is 621 g/mol. The molecule has 3 unspecified atom stereocenters. The third kappa shape index (κ3) is 10.1. The van der Waals surface area contributed by atoms with Crippen LogP contribution in [0, 0.1) is 0 Å². The van der Waals surface area contributed by atoms with Crippen LogP contribution in [0.15, 0.2) is 30.5 Å². The molecule has 15 heteroatoms. The summed E-state index contributed by atoms with van der Waals surface area (Å²) in [6, 6.07) is 6.71. The molecule has 0 radical (unpaired) electrons. The number of ether oxygens (including phenoxy) is 1. The molecule has 40 heavy (non-hydrogen) atoms. The van der Waals surface area contributed by atoms with Gasteiger partial charge in [0.2, 0.25) is 18.8 Å². The Balaban J connectivity index is 2.13. The van der Waals surface area contributed by atoms with E-state index in [1.54, 1.807) is 35.4 Å². The van der Waals surface area contributed by atoms with Gasteiger partial charge in [-0.3, -0.25) is 23.8 Å². The van der Waals surface area contributed by atoms with Crippen LogP contribution in [0.25, 0.3) is 10.9 Å². The SMILES string of the molecule is CCN(CC)CCCC(C)N(C(=O)OCCCC(=O)NC(P(C)(=O)O)P(=O)(O)O)c1ccnc2cc(Cl)ccc12. The van der Waals surface area contributed by atoms with Gasteiger partial charge in [-0.05, 0) is 70.1 Å². The molecule has 2 aromatic rings. The van der Waals surface area contributed by atoms with Gasteiger partial charge in [-0.2, -0.15) is 0 Å². The molecule has 1 aromatic heterocycles. The van der Waals surface area contributed by atoms with Crippen molar-refractivity contribution in [2.75, 3.05) is 37.8 Å². The molecule has 224 valence electrons. The van der Waals surface area contributed by atoms with Gasteiger partial charge in [0.25, 0.3) is 0 Å². The van der Waals surface area contributed by atoms with Gasteiger partial charge in [-0.25, -0.2) is 4.79 Å². The van der Waals surface area contributed by atoms with Crippen molar-refractivity contribution in [1.82, 2.24) is 15.2 Å². The topological polar surface area (TPSA) is 170 Å². The number of rotatable bonds is 15. The maximum absolute atomic E-state index is 13.4. The Kier molecular flexibility index (Phi) is 13.0. The molecule has 0 aliphatic carbocycles. The Labute approximate surface area is 239 Å². The molecule has 2 rings (SSSR count). The van der Waals surface area contributed by atoms with E-state index in [-0.39, 0.29) is 25.5 Å². The van der Waals surface area contributed by atoms with Crippen molar-refractivity contribution in [3.8, 4) is 0 Å². The molecule has 0 saturated carbocycles. The summed E-state index contributed by atoms with van der Waals surface area (Å²) in [5.41, 5.74) is -0.978. The number of halogens is 1. The van der Waals surface area contributed by atoms with Gasteiger partial charge in [0.15, 0.2) is 0 Å². The minimum Gasteiger partial charge on any atom is -0.449 e. The van der Waals surface area contributed by atoms with Crippen LogP contribution < -0.4 is 10.2 Å². The normalized spacial score (nSPS) is 14.9. The number of hydrogen-bond acceptors (Lipinski definition) is 7. The van der Waals surface area contributed by atoms with Crippen LogP contribution in [-0.4, -0.2) is 81.0 Å². The van der Waals surface area contributed by atoms with Crippen LogP contribution in [0.2, 0.25) is 5.02 Å². The number of nitrogens with zero attached hydrogens (tertiary/aromatic N) is 3. The lowest BCUT2D eigenvalue weighted by Gasteiger charge is -2.30. The summed E-state index contributed by atoms with van der Waals surface area (Å²) >= 11 is 6.14. The van der Waals surface area contributed by atoms with E-state index in [0.29, 0.717) is 22.6 Å². The van der Waals surface area contributed by atoms with E-state index in [0.717, 1.165) is 38.1 Å². The van der Waals surface area contributed by atoms with E-state index in [9.17, 15) is 33.4 Å². The zero-order chi connectivity index (χ0) is 30.1. The van der Waals surface area contributed by atoms with E-state index >= 15 is 0 Å². The zero-order valence-electron chi connectivity index (χ0n) is 23.2. The number of aromatic nitrogens is 1. The average Bonchev–Trinajstić information content (AvgIpc) is 2.86. The third-order valence-corrected chi connectivity index (χ3v) is 10.6. The molecule has 2 amide bonds. The maximum Gasteiger partial charge on any atom is 0.414 e. The van der Waals surface area contributed by atoms with Crippen LogP contribution in [-0.2, 0) is 18.7 Å². The molecular weight excluding hydrogens is 582 g/mol. The van der Waals surface area contributed by atoms with Gasteiger partial charge in [-0.15, -0.1) is 0 Å². The quantitative estimate of drug-likeness (QED) is 0.163. The lowest BCUT2D eigenvalue weighted by atomic mass is 10.1. The van der Waals surface area contributed by atoms with Gasteiger partial charge >= 0.3 is 13.7 Å². The van der Waals surface area contributed by atoms with Gasteiger partial charge in [0.1, 0.15) is 0 Å². The summed E-state index contributed by atoms with van der Waals surface area (Å²) < 4.78 is 28.8. The Bertz CT molecular complexity index is 1230. The largest absolute Gasteiger partial charge is 0.449 e. The first-order valence-electron chi connectivity index (χ1n) is 13.1. The van der Waals surface area contributed by atoms with E-state index in [1.807, 2.05) is 12.2 Å². The fourth-order valence-electron chi connectivity index (χ4n) is 4.27. The molecule has 3 atom stereocenters. The molecule has 1 aromatic carbocycles. The molecule has 0 aliphatic rings. The van der Waals surface area contributed by atoms with Gasteiger partial charge in [0.05, 0.1) is 17.8 Å². The predicted octanol–water partition coefficient (Wildman–Crippen LogP) is 4.60. The molecule has 0 fully saturated rings. The van der Waals surface area contributed by atoms with E-state index in [4.69, 9.17) is 16.3 Å². The first-order chi connectivity index (χ1) is 18.7. The van der Waals surface area contributed by atoms with Crippen molar-refractivity contribution in [2.45, 2.75) is 58.0 Å². The summed E-state index contributed by atoms with van der Waals surface area (Å²) in [5, 5.41) is 3.16. The standard InChI is InChI=1S/C25H39ClN4O8P2/c1-5-29(6-2)15-7-9-18(3)30(22-13-14-27-21-17-19(26)11-12-20(21)22)25(32)38-16-8-10-23(31)28-24(39(4,33)34)40(35,36)37/h11-14,17-18,24H,5-10,15-16H2,1-4H3,(H,28,31)(H,33,34)(H2,35,36,37). The van der Waals surface area contributed by atoms with Gasteiger partial charge < -0.3 is 29.6 Å². The first-order valence-corrected chi connectivity index (χ1v) is 17.3. The van der Waals surface area contributed by atoms with Crippen molar-refractivity contribution in [3.63, 3.8) is 0 Å². The summed E-state index contributed by atoms with van der Waals surface area (Å²) in [5.74, 6) is -0.848. The van der Waals surface area contributed by atoms with Crippen LogP contribution in [0.1, 0.15) is 46.5 Å². The summed E-state index contributed by atoms with van der Waals surface area (Å²) in [7, 11) is -9.37. The second kappa shape index (κ2) is 15.3. The Morgan fingerprint density at radius 1 is 1.12 bits per heavy atom. The van der Waals surface area contributed by atoms with Crippen LogP contribution in [0.5, 0.6) is 0 Å². The molecule has 0 saturated heterocycles. The highest BCUT2D eigenvalue weighted by molar-refractivity contribution is 7.73. The molecule has 12 nitrogen and oxygen atoms in total. The molecule has 4 N–H and O–H groups in total. The molecule has 0 aliphatic heterocycles. The van der Waals surface area contributed by atoms with E-state index < -0.39 is 32.5 Å². The van der Waals surface area contributed by atoms with Crippen molar-refractivity contribution < 1.29 is 38.1 Å². The highest BCUT2D eigenvalue weighted by Gasteiger charge is 2.41. The van der Waals surface area contributed by atoms with Crippen molar-refractivity contribution >= 4 is 55.2 Å². The maximum atomic E-state index is 13.4. The zero-order valence-corrected chi connectivity index (χ0v) is 25.7. The van der Waals surface area contributed by atoms with Crippen molar-refractivity contribution in [1.29, 1.82) is 0 Å². The lowest BCUT2D eigenvalue weighted by molar-refractivity contribution is -0.121. The fraction of sp³-hybridized carbons (Fsp3) is 0.560. The fourth-order valence-corrected chi connectivity index (χ4v) is 7.37. The summed E-state index contributed by atoms with van der Waals surface area (Å²) in [6.45, 7) is 9.48. The van der Waals surface area contributed by atoms with E-state index in [1.165, 1.54) is 0 Å². The number of hydrogen-bond donors (Lipinski definition) is 4.